The van der Waals surface area contributed by atoms with Crippen molar-refractivity contribution in [3.05, 3.63) is 23.7 Å². The summed E-state index contributed by atoms with van der Waals surface area (Å²) in [6.45, 7) is 6.34. The summed E-state index contributed by atoms with van der Waals surface area (Å²) in [7, 11) is 0. The average molecular weight is 405 g/mol. The molecule has 0 aliphatic heterocycles. The molecule has 0 rings (SSSR count). The van der Waals surface area contributed by atoms with Crippen molar-refractivity contribution in [3.8, 4) is 0 Å². The first kappa shape index (κ1) is 14.3. The molecule has 0 aromatic rings. The van der Waals surface area contributed by atoms with E-state index in [4.69, 9.17) is 5.37 Å². The molecule has 0 bridgehead atoms. The van der Waals surface area contributed by atoms with E-state index in [-0.39, 0.29) is 11.6 Å². The minimum atomic E-state index is -1.69. The fraction of sp³-hybridized carbons (Fsp3) is 0.400. The molecule has 0 aromatic carbocycles. The van der Waals surface area contributed by atoms with Gasteiger partial charge in [0.15, 0.2) is 0 Å². The first-order valence-corrected chi connectivity index (χ1v) is 7.55. The standard InChI is InChI=1S/2C5H8O2.Pb/c2*1-4(6)3-5(2)7;/h2*3,6H,1-2H3;/q;;+2/p-2/b4-3+;4-3-;. The zero-order valence-electron chi connectivity index (χ0n) is 9.29. The van der Waals surface area contributed by atoms with E-state index in [2.05, 4.69) is 0 Å². The summed E-state index contributed by atoms with van der Waals surface area (Å²) in [4.78, 5) is 21.3. The molecule has 0 N–H and O–H groups in total. The Morgan fingerprint density at radius 3 is 1.47 bits per heavy atom. The normalized spacial score (nSPS) is 12.3. The van der Waals surface area contributed by atoms with Crippen LogP contribution in [0.1, 0.15) is 27.7 Å². The molecule has 0 saturated carbocycles. The van der Waals surface area contributed by atoms with Crippen molar-refractivity contribution in [1.29, 1.82) is 0 Å². The molecule has 4 nitrogen and oxygen atoms in total. The van der Waals surface area contributed by atoms with Gasteiger partial charge in [0.05, 0.1) is 0 Å². The first-order chi connectivity index (χ1) is 6.91. The third-order valence-electron chi connectivity index (χ3n) is 1.22. The molecule has 15 heavy (non-hydrogen) atoms. The predicted molar refractivity (Wildman–Crippen MR) is 56.8 cm³/mol. The fourth-order valence-electron chi connectivity index (χ4n) is 0.784. The molecule has 82 valence electrons. The van der Waals surface area contributed by atoms with Crippen molar-refractivity contribution in [3.63, 3.8) is 0 Å². The number of carbonyl (C=O) groups excluding carboxylic acids is 2. The Hall–Kier alpha value is -0.658. The number of hydrogen-bond acceptors (Lipinski definition) is 4. The number of ketones is 2. The van der Waals surface area contributed by atoms with Gasteiger partial charge in [0.1, 0.15) is 0 Å². The van der Waals surface area contributed by atoms with E-state index in [1.165, 1.54) is 26.0 Å². The van der Waals surface area contributed by atoms with Gasteiger partial charge in [-0.15, -0.1) is 0 Å². The van der Waals surface area contributed by atoms with Crippen LogP contribution in [-0.4, -0.2) is 36.7 Å². The number of rotatable bonds is 6. The van der Waals surface area contributed by atoms with Crippen molar-refractivity contribution in [2.24, 2.45) is 0 Å². The van der Waals surface area contributed by atoms with Crippen LogP contribution in [0.25, 0.3) is 0 Å². The van der Waals surface area contributed by atoms with Gasteiger partial charge in [-0.05, 0) is 0 Å². The average Bonchev–Trinajstić information content (AvgIpc) is 2.00. The molecule has 0 aliphatic rings. The van der Waals surface area contributed by atoms with Crippen LogP contribution >= 0.6 is 0 Å². The van der Waals surface area contributed by atoms with Gasteiger partial charge < -0.3 is 0 Å². The Bertz CT molecular complexity index is 275. The van der Waals surface area contributed by atoms with Crippen LogP contribution in [0.15, 0.2) is 23.7 Å². The molecule has 0 aliphatic carbocycles. The second-order valence-corrected chi connectivity index (χ2v) is 5.25. The molecule has 0 atom stereocenters. The van der Waals surface area contributed by atoms with E-state index in [9.17, 15) is 9.59 Å². The van der Waals surface area contributed by atoms with E-state index in [1.54, 1.807) is 13.8 Å². The van der Waals surface area contributed by atoms with Crippen LogP contribution in [0.5, 0.6) is 0 Å². The summed E-state index contributed by atoms with van der Waals surface area (Å²) in [5, 5.41) is 0. The molecule has 0 heterocycles. The fourth-order valence-corrected chi connectivity index (χ4v) is 2.43. The Kier molecular flexibility index (Phi) is 7.28. The zero-order valence-corrected chi connectivity index (χ0v) is 13.2. The van der Waals surface area contributed by atoms with Gasteiger partial charge in [-0.2, -0.15) is 0 Å². The summed E-state index contributed by atoms with van der Waals surface area (Å²) >= 11 is -1.69. The summed E-state index contributed by atoms with van der Waals surface area (Å²) in [5.74, 6) is 1.04. The third kappa shape index (κ3) is 9.64. The summed E-state index contributed by atoms with van der Waals surface area (Å²) in [5.41, 5.74) is 0. The van der Waals surface area contributed by atoms with Gasteiger partial charge in [0.2, 0.25) is 0 Å². The Balaban J connectivity index is 3.90. The molecule has 0 fully saturated rings. The predicted octanol–water partition coefficient (Wildman–Crippen LogP) is 1.54. The number of allylic oxidation sites excluding steroid dienone is 4. The topological polar surface area (TPSA) is 52.6 Å². The van der Waals surface area contributed by atoms with Gasteiger partial charge >= 0.3 is 103 Å². The molecule has 0 aromatic heterocycles. The molecular formula is C10H14O4Pb. The van der Waals surface area contributed by atoms with E-state index in [0.717, 1.165) is 0 Å². The Morgan fingerprint density at radius 1 is 0.867 bits per heavy atom. The molecule has 0 unspecified atom stereocenters. The van der Waals surface area contributed by atoms with Gasteiger partial charge in [-0.1, -0.05) is 0 Å². The second-order valence-electron chi connectivity index (χ2n) is 3.02. The van der Waals surface area contributed by atoms with Crippen LogP contribution in [0.4, 0.5) is 0 Å². The van der Waals surface area contributed by atoms with Crippen molar-refractivity contribution in [1.82, 2.24) is 0 Å². The molecular weight excluding hydrogens is 391 g/mol. The van der Waals surface area contributed by atoms with E-state index in [1.807, 2.05) is 0 Å². The summed E-state index contributed by atoms with van der Waals surface area (Å²) < 4.78 is 10.5. The SMILES string of the molecule is CC(=O)/C=C(/C)[O][Pb][O]/C(C)=C/C(C)=O. The molecule has 2 radical (unpaired) electrons. The summed E-state index contributed by atoms with van der Waals surface area (Å²) in [6.07, 6.45) is 2.83. The number of carbonyl (C=O) groups is 2. The molecule has 5 heteroatoms. The Labute approximate surface area is 103 Å². The van der Waals surface area contributed by atoms with E-state index >= 15 is 0 Å². The maximum absolute atomic E-state index is 10.7. The first-order valence-electron chi connectivity index (χ1n) is 4.38. The number of hydrogen-bond donors (Lipinski definition) is 0. The van der Waals surface area contributed by atoms with Crippen LogP contribution in [0.3, 0.4) is 0 Å². The van der Waals surface area contributed by atoms with E-state index < -0.39 is 25.1 Å². The molecule has 0 saturated heterocycles. The minimum absolute atomic E-state index is 0.0490. The van der Waals surface area contributed by atoms with Gasteiger partial charge in [-0.25, -0.2) is 0 Å². The molecule has 0 spiro atoms. The Morgan fingerprint density at radius 2 is 1.20 bits per heavy atom. The van der Waals surface area contributed by atoms with Gasteiger partial charge in [0.25, 0.3) is 0 Å². The van der Waals surface area contributed by atoms with E-state index in [0.29, 0.717) is 11.5 Å². The maximum atomic E-state index is 10.7. The van der Waals surface area contributed by atoms with Crippen LogP contribution < -0.4 is 0 Å². The van der Waals surface area contributed by atoms with Crippen LogP contribution in [0.2, 0.25) is 0 Å². The van der Waals surface area contributed by atoms with Gasteiger partial charge in [0, 0.05) is 0 Å². The van der Waals surface area contributed by atoms with Crippen molar-refractivity contribution >= 4 is 36.7 Å². The monoisotopic (exact) mass is 406 g/mol. The van der Waals surface area contributed by atoms with Crippen LogP contribution in [-0.2, 0) is 15.0 Å². The quantitative estimate of drug-likeness (QED) is 0.382. The van der Waals surface area contributed by atoms with Crippen LogP contribution in [0, 0.1) is 0 Å². The zero-order chi connectivity index (χ0) is 11.8. The summed E-state index contributed by atoms with van der Waals surface area (Å²) in [6, 6.07) is 0. The van der Waals surface area contributed by atoms with Gasteiger partial charge in [-0.3, -0.25) is 0 Å². The van der Waals surface area contributed by atoms with Crippen molar-refractivity contribution in [2.45, 2.75) is 27.7 Å². The molecule has 0 amide bonds. The second kappa shape index (κ2) is 7.61. The third-order valence-corrected chi connectivity index (χ3v) is 4.37. The van der Waals surface area contributed by atoms with Crippen molar-refractivity contribution < 1.29 is 15.0 Å². The van der Waals surface area contributed by atoms with Crippen molar-refractivity contribution in [2.75, 3.05) is 0 Å².